The fourth-order valence-electron chi connectivity index (χ4n) is 1.26. The van der Waals surface area contributed by atoms with Gasteiger partial charge in [0, 0.05) is 5.69 Å². The van der Waals surface area contributed by atoms with Gasteiger partial charge in [0.15, 0.2) is 5.78 Å². The number of carbonyl (C=O) groups excluding carboxylic acids is 1. The monoisotopic (exact) mass is 190 g/mol. The summed E-state index contributed by atoms with van der Waals surface area (Å²) in [6.45, 7) is 1.38. The second-order valence-corrected chi connectivity index (χ2v) is 2.78. The van der Waals surface area contributed by atoms with E-state index < -0.39 is 0 Å². The fraction of sp³-hybridized carbons (Fsp3) is 0.200. The van der Waals surface area contributed by atoms with Gasteiger partial charge in [0.2, 0.25) is 0 Å². The van der Waals surface area contributed by atoms with E-state index in [1.165, 1.54) is 26.2 Å². The molecule has 1 aromatic carbocycles. The molecule has 0 radical (unpaired) electrons. The Morgan fingerprint density at radius 2 is 2.21 bits per heavy atom. The normalized spacial score (nSPS) is 9.21. The molecule has 1 rings (SSSR count). The van der Waals surface area contributed by atoms with E-state index in [1.807, 2.05) is 6.07 Å². The zero-order chi connectivity index (χ0) is 10.7. The van der Waals surface area contributed by atoms with E-state index in [4.69, 9.17) is 15.7 Å². The predicted octanol–water partition coefficient (Wildman–Crippen LogP) is 1.35. The van der Waals surface area contributed by atoms with E-state index in [0.29, 0.717) is 11.3 Å². The Morgan fingerprint density at radius 3 is 2.64 bits per heavy atom. The SMILES string of the molecule is COc1c(C#N)ccc(N)c1C(C)=O. The number of nitriles is 1. The summed E-state index contributed by atoms with van der Waals surface area (Å²) in [5.74, 6) is 0.0384. The van der Waals surface area contributed by atoms with Gasteiger partial charge < -0.3 is 10.5 Å². The number of benzene rings is 1. The Morgan fingerprint density at radius 1 is 1.57 bits per heavy atom. The molecule has 0 bridgehead atoms. The van der Waals surface area contributed by atoms with E-state index in [0.717, 1.165) is 0 Å². The number of ketones is 1. The first-order valence-corrected chi connectivity index (χ1v) is 3.99. The maximum atomic E-state index is 11.2. The van der Waals surface area contributed by atoms with E-state index in [2.05, 4.69) is 0 Å². The van der Waals surface area contributed by atoms with E-state index in [1.54, 1.807) is 0 Å². The summed E-state index contributed by atoms with van der Waals surface area (Å²) in [7, 11) is 1.40. The molecule has 0 aliphatic carbocycles. The molecule has 0 heterocycles. The van der Waals surface area contributed by atoms with Crippen LogP contribution >= 0.6 is 0 Å². The van der Waals surface area contributed by atoms with Crippen LogP contribution in [0.15, 0.2) is 12.1 Å². The van der Waals surface area contributed by atoms with Crippen LogP contribution in [0.3, 0.4) is 0 Å². The third kappa shape index (κ3) is 1.52. The van der Waals surface area contributed by atoms with Gasteiger partial charge in [-0.1, -0.05) is 0 Å². The maximum Gasteiger partial charge on any atom is 0.165 e. The highest BCUT2D eigenvalue weighted by Crippen LogP contribution is 2.28. The van der Waals surface area contributed by atoms with Gasteiger partial charge in [-0.25, -0.2) is 0 Å². The molecule has 0 spiro atoms. The summed E-state index contributed by atoms with van der Waals surface area (Å²) < 4.78 is 4.99. The highest BCUT2D eigenvalue weighted by atomic mass is 16.5. The molecule has 0 fully saturated rings. The largest absolute Gasteiger partial charge is 0.495 e. The Kier molecular flexibility index (Phi) is 2.73. The third-order valence-corrected chi connectivity index (χ3v) is 1.87. The number of Topliss-reactive ketones (excluding diaryl/α,β-unsaturated/α-hetero) is 1. The van der Waals surface area contributed by atoms with Gasteiger partial charge >= 0.3 is 0 Å². The third-order valence-electron chi connectivity index (χ3n) is 1.87. The average molecular weight is 190 g/mol. The van der Waals surface area contributed by atoms with Crippen molar-refractivity contribution < 1.29 is 9.53 Å². The highest BCUT2D eigenvalue weighted by Gasteiger charge is 2.15. The first kappa shape index (κ1) is 10.1. The number of methoxy groups -OCH3 is 1. The number of anilines is 1. The lowest BCUT2D eigenvalue weighted by Crippen LogP contribution is -2.04. The van der Waals surface area contributed by atoms with Gasteiger partial charge in [-0.3, -0.25) is 4.79 Å². The molecule has 0 saturated heterocycles. The Hall–Kier alpha value is -2.02. The van der Waals surface area contributed by atoms with Gasteiger partial charge in [0.25, 0.3) is 0 Å². The van der Waals surface area contributed by atoms with Crippen LogP contribution in [0.5, 0.6) is 5.75 Å². The first-order chi connectivity index (χ1) is 6.61. The smallest absolute Gasteiger partial charge is 0.165 e. The molecule has 0 amide bonds. The van der Waals surface area contributed by atoms with Gasteiger partial charge in [-0.15, -0.1) is 0 Å². The summed E-state index contributed by atoms with van der Waals surface area (Å²) in [5, 5.41) is 8.76. The van der Waals surface area contributed by atoms with Crippen LogP contribution in [-0.2, 0) is 0 Å². The van der Waals surface area contributed by atoms with Crippen molar-refractivity contribution in [3.63, 3.8) is 0 Å². The number of nitrogen functional groups attached to an aromatic ring is 1. The molecular weight excluding hydrogens is 180 g/mol. The van der Waals surface area contributed by atoms with Crippen molar-refractivity contribution in [3.8, 4) is 11.8 Å². The summed E-state index contributed by atoms with van der Waals surface area (Å²) in [5.41, 5.74) is 6.52. The summed E-state index contributed by atoms with van der Waals surface area (Å²) >= 11 is 0. The molecule has 0 saturated carbocycles. The molecule has 1 aromatic rings. The topological polar surface area (TPSA) is 76.1 Å². The van der Waals surface area contributed by atoms with Crippen LogP contribution in [0.2, 0.25) is 0 Å². The minimum absolute atomic E-state index is 0.212. The van der Waals surface area contributed by atoms with Gasteiger partial charge in [0.1, 0.15) is 11.8 Å². The average Bonchev–Trinajstić information content (AvgIpc) is 2.16. The first-order valence-electron chi connectivity index (χ1n) is 3.99. The summed E-state index contributed by atoms with van der Waals surface area (Å²) in [4.78, 5) is 11.2. The highest BCUT2D eigenvalue weighted by molar-refractivity contribution is 6.02. The fourth-order valence-corrected chi connectivity index (χ4v) is 1.26. The molecule has 14 heavy (non-hydrogen) atoms. The molecule has 2 N–H and O–H groups in total. The zero-order valence-electron chi connectivity index (χ0n) is 8.00. The maximum absolute atomic E-state index is 11.2. The molecule has 0 atom stereocenters. The lowest BCUT2D eigenvalue weighted by atomic mass is 10.0. The van der Waals surface area contributed by atoms with Crippen molar-refractivity contribution in [3.05, 3.63) is 23.3 Å². The molecule has 0 aliphatic heterocycles. The van der Waals surface area contributed by atoms with Crippen molar-refractivity contribution in [1.29, 1.82) is 5.26 Å². The van der Waals surface area contributed by atoms with Crippen LogP contribution in [0.4, 0.5) is 5.69 Å². The van der Waals surface area contributed by atoms with Crippen molar-refractivity contribution in [2.75, 3.05) is 12.8 Å². The van der Waals surface area contributed by atoms with Crippen molar-refractivity contribution in [1.82, 2.24) is 0 Å². The molecule has 0 aliphatic rings. The van der Waals surface area contributed by atoms with Crippen molar-refractivity contribution >= 4 is 11.5 Å². The number of hydrogen-bond acceptors (Lipinski definition) is 4. The van der Waals surface area contributed by atoms with E-state index in [-0.39, 0.29) is 17.1 Å². The second-order valence-electron chi connectivity index (χ2n) is 2.78. The Bertz CT molecular complexity index is 419. The van der Waals surface area contributed by atoms with Crippen molar-refractivity contribution in [2.24, 2.45) is 0 Å². The molecule has 4 nitrogen and oxygen atoms in total. The summed E-state index contributed by atoms with van der Waals surface area (Å²) in [6.07, 6.45) is 0. The predicted molar refractivity (Wildman–Crippen MR) is 52.1 cm³/mol. The standard InChI is InChI=1S/C10H10N2O2/c1-6(13)9-8(12)4-3-7(5-11)10(9)14-2/h3-4H,12H2,1-2H3. The minimum Gasteiger partial charge on any atom is -0.495 e. The van der Waals surface area contributed by atoms with E-state index in [9.17, 15) is 4.79 Å². The Balaban J connectivity index is 3.53. The second kappa shape index (κ2) is 3.79. The lowest BCUT2D eigenvalue weighted by molar-refractivity contribution is 0.101. The number of nitrogens with zero attached hydrogens (tertiary/aromatic N) is 1. The van der Waals surface area contributed by atoms with E-state index >= 15 is 0 Å². The van der Waals surface area contributed by atoms with Gasteiger partial charge in [-0.05, 0) is 19.1 Å². The molecular formula is C10H10N2O2. The zero-order valence-corrected chi connectivity index (χ0v) is 8.00. The molecule has 72 valence electrons. The van der Waals surface area contributed by atoms with Crippen LogP contribution in [-0.4, -0.2) is 12.9 Å². The Labute approximate surface area is 81.9 Å². The number of ether oxygens (including phenoxy) is 1. The number of nitrogens with two attached hydrogens (primary N) is 1. The van der Waals surface area contributed by atoms with Gasteiger partial charge in [-0.2, -0.15) is 5.26 Å². The minimum atomic E-state index is -0.212. The van der Waals surface area contributed by atoms with Crippen LogP contribution in [0, 0.1) is 11.3 Å². The van der Waals surface area contributed by atoms with Crippen LogP contribution in [0.25, 0.3) is 0 Å². The number of carbonyl (C=O) groups is 1. The van der Waals surface area contributed by atoms with Crippen molar-refractivity contribution in [2.45, 2.75) is 6.92 Å². The molecule has 0 aromatic heterocycles. The summed E-state index contributed by atoms with van der Waals surface area (Å²) in [6, 6.07) is 4.99. The number of rotatable bonds is 2. The van der Waals surface area contributed by atoms with Crippen LogP contribution in [0.1, 0.15) is 22.8 Å². The number of hydrogen-bond donors (Lipinski definition) is 1. The lowest BCUT2D eigenvalue weighted by Gasteiger charge is -2.09. The van der Waals surface area contributed by atoms with Crippen LogP contribution < -0.4 is 10.5 Å². The quantitative estimate of drug-likeness (QED) is 0.564. The molecule has 4 heteroatoms. The molecule has 0 unspecified atom stereocenters. The van der Waals surface area contributed by atoms with Gasteiger partial charge in [0.05, 0.1) is 18.2 Å².